The van der Waals surface area contributed by atoms with Gasteiger partial charge in [-0.3, -0.25) is 0 Å². The van der Waals surface area contributed by atoms with Gasteiger partial charge in [-0.1, -0.05) is 22.9 Å². The SMILES string of the molecule is CCn1ccnc1CC1(C)CCC(Br)C1. The number of hydrogen-bond acceptors (Lipinski definition) is 1. The molecule has 0 bridgehead atoms. The van der Waals surface area contributed by atoms with Crippen LogP contribution in [-0.4, -0.2) is 14.4 Å². The van der Waals surface area contributed by atoms with Gasteiger partial charge in [0.15, 0.2) is 0 Å². The fourth-order valence-electron chi connectivity index (χ4n) is 2.58. The van der Waals surface area contributed by atoms with Crippen LogP contribution in [-0.2, 0) is 13.0 Å². The summed E-state index contributed by atoms with van der Waals surface area (Å²) in [5, 5.41) is 0. The van der Waals surface area contributed by atoms with Crippen LogP contribution in [0.15, 0.2) is 12.4 Å². The molecule has 1 aliphatic carbocycles. The van der Waals surface area contributed by atoms with Crippen LogP contribution in [0, 0.1) is 5.41 Å². The molecular formula is C12H19BrN2. The molecule has 1 aromatic rings. The van der Waals surface area contributed by atoms with E-state index in [9.17, 15) is 0 Å². The number of rotatable bonds is 3. The second-order valence-electron chi connectivity index (χ2n) is 4.96. The highest BCUT2D eigenvalue weighted by atomic mass is 79.9. The molecule has 0 spiro atoms. The first-order valence-electron chi connectivity index (χ1n) is 5.77. The Kier molecular flexibility index (Phi) is 3.19. The first-order chi connectivity index (χ1) is 7.13. The maximum atomic E-state index is 4.47. The van der Waals surface area contributed by atoms with Gasteiger partial charge in [0.1, 0.15) is 5.82 Å². The van der Waals surface area contributed by atoms with E-state index >= 15 is 0 Å². The molecule has 0 amide bonds. The minimum atomic E-state index is 0.451. The largest absolute Gasteiger partial charge is 0.335 e. The number of alkyl halides is 1. The Morgan fingerprint density at radius 2 is 2.47 bits per heavy atom. The molecule has 2 rings (SSSR count). The van der Waals surface area contributed by atoms with Crippen molar-refractivity contribution in [3.8, 4) is 0 Å². The van der Waals surface area contributed by atoms with Crippen LogP contribution in [0.4, 0.5) is 0 Å². The molecule has 1 aromatic heterocycles. The van der Waals surface area contributed by atoms with Crippen LogP contribution in [0.1, 0.15) is 38.9 Å². The van der Waals surface area contributed by atoms with Crippen LogP contribution < -0.4 is 0 Å². The van der Waals surface area contributed by atoms with Gasteiger partial charge in [0.25, 0.3) is 0 Å². The Hall–Kier alpha value is -0.310. The fraction of sp³-hybridized carbons (Fsp3) is 0.750. The van der Waals surface area contributed by atoms with Gasteiger partial charge in [-0.25, -0.2) is 4.98 Å². The van der Waals surface area contributed by atoms with Crippen LogP contribution in [0.5, 0.6) is 0 Å². The lowest BCUT2D eigenvalue weighted by molar-refractivity contribution is 0.323. The maximum absolute atomic E-state index is 4.47. The summed E-state index contributed by atoms with van der Waals surface area (Å²) < 4.78 is 2.26. The Morgan fingerprint density at radius 3 is 3.07 bits per heavy atom. The average molecular weight is 271 g/mol. The summed E-state index contributed by atoms with van der Waals surface area (Å²) >= 11 is 3.73. The molecule has 0 radical (unpaired) electrons. The molecule has 1 heterocycles. The molecule has 3 heteroatoms. The molecular weight excluding hydrogens is 252 g/mol. The summed E-state index contributed by atoms with van der Waals surface area (Å²) in [6.07, 6.45) is 9.03. The summed E-state index contributed by atoms with van der Waals surface area (Å²) in [6, 6.07) is 0. The number of halogens is 1. The topological polar surface area (TPSA) is 17.8 Å². The summed E-state index contributed by atoms with van der Waals surface area (Å²) in [5.74, 6) is 1.25. The molecule has 1 aliphatic rings. The second-order valence-corrected chi connectivity index (χ2v) is 6.25. The summed E-state index contributed by atoms with van der Waals surface area (Å²) in [5.41, 5.74) is 0.451. The Balaban J connectivity index is 2.08. The molecule has 0 saturated heterocycles. The lowest BCUT2D eigenvalue weighted by Crippen LogP contribution is -2.18. The van der Waals surface area contributed by atoms with E-state index in [0.29, 0.717) is 10.2 Å². The van der Waals surface area contributed by atoms with Crippen molar-refractivity contribution in [1.82, 2.24) is 9.55 Å². The average Bonchev–Trinajstić information content (AvgIpc) is 2.74. The Bertz CT molecular complexity index is 334. The van der Waals surface area contributed by atoms with E-state index in [1.54, 1.807) is 0 Å². The molecule has 1 fully saturated rings. The molecule has 2 nitrogen and oxygen atoms in total. The third-order valence-electron chi connectivity index (χ3n) is 3.50. The minimum Gasteiger partial charge on any atom is -0.335 e. The molecule has 1 saturated carbocycles. The number of nitrogens with zero attached hydrogens (tertiary/aromatic N) is 2. The van der Waals surface area contributed by atoms with Gasteiger partial charge < -0.3 is 4.57 Å². The van der Waals surface area contributed by atoms with Crippen LogP contribution in [0.3, 0.4) is 0 Å². The molecule has 0 aliphatic heterocycles. The number of aromatic nitrogens is 2. The maximum Gasteiger partial charge on any atom is 0.109 e. The minimum absolute atomic E-state index is 0.451. The lowest BCUT2D eigenvalue weighted by Gasteiger charge is -2.23. The van der Waals surface area contributed by atoms with Crippen molar-refractivity contribution in [2.45, 2.75) is 50.9 Å². The van der Waals surface area contributed by atoms with Gasteiger partial charge in [0.05, 0.1) is 0 Å². The highest BCUT2D eigenvalue weighted by Gasteiger charge is 2.34. The quantitative estimate of drug-likeness (QED) is 0.770. The van der Waals surface area contributed by atoms with E-state index in [2.05, 4.69) is 45.5 Å². The van der Waals surface area contributed by atoms with E-state index < -0.39 is 0 Å². The van der Waals surface area contributed by atoms with Gasteiger partial charge >= 0.3 is 0 Å². The highest BCUT2D eigenvalue weighted by Crippen LogP contribution is 2.43. The summed E-state index contributed by atoms with van der Waals surface area (Å²) in [6.45, 7) is 5.60. The van der Waals surface area contributed by atoms with Gasteiger partial charge in [0, 0.05) is 30.2 Å². The zero-order valence-corrected chi connectivity index (χ0v) is 11.1. The summed E-state index contributed by atoms with van der Waals surface area (Å²) in [7, 11) is 0. The normalized spacial score (nSPS) is 31.0. The van der Waals surface area contributed by atoms with Crippen LogP contribution >= 0.6 is 15.9 Å². The molecule has 2 unspecified atom stereocenters. The van der Waals surface area contributed by atoms with Crippen LogP contribution in [0.25, 0.3) is 0 Å². The van der Waals surface area contributed by atoms with E-state index in [-0.39, 0.29) is 0 Å². The number of imidazole rings is 1. The zero-order valence-electron chi connectivity index (χ0n) is 9.54. The Labute approximate surface area is 100 Å². The Morgan fingerprint density at radius 1 is 1.67 bits per heavy atom. The second kappa shape index (κ2) is 4.28. The van der Waals surface area contributed by atoms with Crippen molar-refractivity contribution in [3.63, 3.8) is 0 Å². The van der Waals surface area contributed by atoms with E-state index in [4.69, 9.17) is 0 Å². The molecule has 0 N–H and O–H groups in total. The van der Waals surface area contributed by atoms with Crippen molar-refractivity contribution >= 4 is 15.9 Å². The third kappa shape index (κ3) is 2.44. The predicted molar refractivity (Wildman–Crippen MR) is 66.3 cm³/mol. The lowest BCUT2D eigenvalue weighted by atomic mass is 9.85. The predicted octanol–water partition coefficient (Wildman–Crippen LogP) is 3.40. The standard InChI is InChI=1S/C12H19BrN2/c1-3-15-7-6-14-11(15)9-12(2)5-4-10(13)8-12/h6-7,10H,3-5,8-9H2,1-2H3. The van der Waals surface area contributed by atoms with Gasteiger partial charge in [-0.15, -0.1) is 0 Å². The summed E-state index contributed by atoms with van der Waals surface area (Å²) in [4.78, 5) is 5.18. The monoisotopic (exact) mass is 270 g/mol. The molecule has 84 valence electrons. The highest BCUT2D eigenvalue weighted by molar-refractivity contribution is 9.09. The smallest absolute Gasteiger partial charge is 0.109 e. The van der Waals surface area contributed by atoms with Crippen molar-refractivity contribution in [3.05, 3.63) is 18.2 Å². The van der Waals surface area contributed by atoms with Crippen molar-refractivity contribution in [1.29, 1.82) is 0 Å². The van der Waals surface area contributed by atoms with Gasteiger partial charge in [-0.2, -0.15) is 0 Å². The van der Waals surface area contributed by atoms with E-state index in [1.807, 2.05) is 6.20 Å². The van der Waals surface area contributed by atoms with Gasteiger partial charge in [0.2, 0.25) is 0 Å². The van der Waals surface area contributed by atoms with Crippen molar-refractivity contribution in [2.75, 3.05) is 0 Å². The molecule has 0 aromatic carbocycles. The van der Waals surface area contributed by atoms with Gasteiger partial charge in [-0.05, 0) is 31.6 Å². The first-order valence-corrected chi connectivity index (χ1v) is 6.68. The zero-order chi connectivity index (χ0) is 10.9. The van der Waals surface area contributed by atoms with E-state index in [1.165, 1.54) is 25.1 Å². The molecule has 15 heavy (non-hydrogen) atoms. The van der Waals surface area contributed by atoms with Crippen molar-refractivity contribution in [2.24, 2.45) is 5.41 Å². The van der Waals surface area contributed by atoms with E-state index in [0.717, 1.165) is 13.0 Å². The number of hydrogen-bond donors (Lipinski definition) is 0. The first kappa shape index (κ1) is 11.2. The van der Waals surface area contributed by atoms with Crippen LogP contribution in [0.2, 0.25) is 0 Å². The third-order valence-corrected chi connectivity index (χ3v) is 4.28. The number of aryl methyl sites for hydroxylation is 1. The van der Waals surface area contributed by atoms with Crippen molar-refractivity contribution < 1.29 is 0 Å². The fourth-order valence-corrected chi connectivity index (χ4v) is 3.59. The molecule has 2 atom stereocenters.